The first-order chi connectivity index (χ1) is 7.01. The molecule has 0 saturated carbocycles. The number of ether oxygens (including phenoxy) is 1. The summed E-state index contributed by atoms with van der Waals surface area (Å²) in [4.78, 5) is 21.9. The number of aliphatic hydroxyl groups excluding tert-OH is 2. The molecule has 0 spiro atoms. The lowest BCUT2D eigenvalue weighted by molar-refractivity contribution is -0.139. The lowest BCUT2D eigenvalue weighted by atomic mass is 10.0. The Morgan fingerprint density at radius 2 is 2.07 bits per heavy atom. The van der Waals surface area contributed by atoms with Gasteiger partial charge >= 0.3 is 0 Å². The summed E-state index contributed by atoms with van der Waals surface area (Å²) in [7, 11) is 0. The van der Waals surface area contributed by atoms with E-state index in [0.29, 0.717) is 6.29 Å². The molecule has 0 aliphatic carbocycles. The molecule has 0 amide bonds. The van der Waals surface area contributed by atoms with Crippen molar-refractivity contribution in [2.45, 2.75) is 32.5 Å². The summed E-state index contributed by atoms with van der Waals surface area (Å²) in [5.74, 6) is -0.142. The number of aliphatic hydroxyl groups is 2. The number of carbonyl (C=O) groups excluding carboxylic acids is 2. The third-order valence-corrected chi connectivity index (χ3v) is 1.73. The average Bonchev–Trinajstić information content (AvgIpc) is 2.17. The van der Waals surface area contributed by atoms with Gasteiger partial charge in [0.2, 0.25) is 0 Å². The van der Waals surface area contributed by atoms with E-state index < -0.39 is 18.8 Å². The van der Waals surface area contributed by atoms with E-state index in [4.69, 9.17) is 14.9 Å². The average molecular weight is 218 g/mol. The van der Waals surface area contributed by atoms with Gasteiger partial charge in [0.25, 0.3) is 0 Å². The molecule has 0 heterocycles. The maximum absolute atomic E-state index is 11.4. The molecule has 0 rings (SSSR count). The minimum Gasteiger partial charge on any atom is -0.394 e. The Hall–Kier alpha value is -0.780. The summed E-state index contributed by atoms with van der Waals surface area (Å²) >= 11 is 0. The molecule has 0 radical (unpaired) electrons. The van der Waals surface area contributed by atoms with E-state index in [0.717, 1.165) is 0 Å². The van der Waals surface area contributed by atoms with Gasteiger partial charge in [-0.25, -0.2) is 0 Å². The van der Waals surface area contributed by atoms with Gasteiger partial charge in [0.05, 0.1) is 13.2 Å². The minimum atomic E-state index is -1.13. The van der Waals surface area contributed by atoms with Crippen molar-refractivity contribution >= 4 is 12.1 Å². The van der Waals surface area contributed by atoms with E-state index in [2.05, 4.69) is 0 Å². The topological polar surface area (TPSA) is 83.8 Å². The summed E-state index contributed by atoms with van der Waals surface area (Å²) in [6, 6.07) is 0. The van der Waals surface area contributed by atoms with Crippen LogP contribution in [0.1, 0.15) is 20.3 Å². The van der Waals surface area contributed by atoms with Gasteiger partial charge in [-0.1, -0.05) is 13.8 Å². The second-order valence-corrected chi connectivity index (χ2v) is 3.79. The van der Waals surface area contributed by atoms with Gasteiger partial charge in [-0.05, 0) is 5.92 Å². The predicted octanol–water partition coefficient (Wildman–Crippen LogP) is -0.461. The van der Waals surface area contributed by atoms with Gasteiger partial charge in [-0.2, -0.15) is 0 Å². The molecule has 88 valence electrons. The lowest BCUT2D eigenvalue weighted by Crippen LogP contribution is -2.31. The van der Waals surface area contributed by atoms with E-state index in [9.17, 15) is 9.59 Å². The molecule has 0 aliphatic rings. The van der Waals surface area contributed by atoms with Gasteiger partial charge in [0.1, 0.15) is 6.10 Å². The Balaban J connectivity index is 4.01. The number of rotatable bonds is 8. The van der Waals surface area contributed by atoms with Crippen molar-refractivity contribution in [1.82, 2.24) is 0 Å². The van der Waals surface area contributed by atoms with Gasteiger partial charge in [-0.15, -0.1) is 0 Å². The monoisotopic (exact) mass is 218 g/mol. The maximum Gasteiger partial charge on any atom is 0.171 e. The zero-order chi connectivity index (χ0) is 11.8. The Labute approximate surface area is 89.0 Å². The van der Waals surface area contributed by atoms with Crippen LogP contribution in [0.2, 0.25) is 0 Å². The molecule has 0 aromatic heterocycles. The lowest BCUT2D eigenvalue weighted by Gasteiger charge is -2.14. The molecule has 5 nitrogen and oxygen atoms in total. The van der Waals surface area contributed by atoms with E-state index >= 15 is 0 Å². The van der Waals surface area contributed by atoms with Crippen LogP contribution in [0.4, 0.5) is 0 Å². The van der Waals surface area contributed by atoms with Crippen molar-refractivity contribution in [1.29, 1.82) is 0 Å². The van der Waals surface area contributed by atoms with Crippen LogP contribution in [0.5, 0.6) is 0 Å². The van der Waals surface area contributed by atoms with Crippen molar-refractivity contribution in [3.8, 4) is 0 Å². The van der Waals surface area contributed by atoms with E-state index in [1.165, 1.54) is 0 Å². The van der Waals surface area contributed by atoms with E-state index in [1.807, 2.05) is 13.8 Å². The number of ketones is 1. The molecule has 0 saturated heterocycles. The fourth-order valence-electron chi connectivity index (χ4n) is 0.994. The quantitative estimate of drug-likeness (QED) is 0.425. The zero-order valence-corrected chi connectivity index (χ0v) is 9.05. The van der Waals surface area contributed by atoms with Crippen LogP contribution < -0.4 is 0 Å². The molecule has 5 heteroatoms. The summed E-state index contributed by atoms with van der Waals surface area (Å²) in [6.07, 6.45) is -1.51. The molecule has 0 aromatic carbocycles. The highest BCUT2D eigenvalue weighted by Crippen LogP contribution is 2.05. The van der Waals surface area contributed by atoms with E-state index in [-0.39, 0.29) is 24.7 Å². The van der Waals surface area contributed by atoms with Crippen LogP contribution in [0.25, 0.3) is 0 Å². The SMILES string of the molecule is CC(C)CC(=O)C(C=O)OCC(O)CO. The van der Waals surface area contributed by atoms with Crippen LogP contribution in [-0.4, -0.2) is 47.7 Å². The summed E-state index contributed by atoms with van der Waals surface area (Å²) in [5.41, 5.74) is 0. The highest BCUT2D eigenvalue weighted by Gasteiger charge is 2.20. The molecular formula is C10H18O5. The van der Waals surface area contributed by atoms with Crippen molar-refractivity contribution in [3.63, 3.8) is 0 Å². The van der Waals surface area contributed by atoms with Crippen LogP contribution >= 0.6 is 0 Å². The normalized spacial score (nSPS) is 15.0. The molecule has 0 aromatic rings. The predicted molar refractivity (Wildman–Crippen MR) is 53.4 cm³/mol. The molecule has 15 heavy (non-hydrogen) atoms. The Morgan fingerprint density at radius 3 is 2.47 bits per heavy atom. The summed E-state index contributed by atoms with van der Waals surface area (Å²) in [5, 5.41) is 17.5. The molecule has 2 atom stereocenters. The van der Waals surface area contributed by atoms with Crippen molar-refractivity contribution in [2.75, 3.05) is 13.2 Å². The first-order valence-electron chi connectivity index (χ1n) is 4.89. The van der Waals surface area contributed by atoms with Gasteiger partial charge < -0.3 is 14.9 Å². The third-order valence-electron chi connectivity index (χ3n) is 1.73. The zero-order valence-electron chi connectivity index (χ0n) is 9.05. The maximum atomic E-state index is 11.4. The van der Waals surface area contributed by atoms with Crippen LogP contribution in [-0.2, 0) is 14.3 Å². The van der Waals surface area contributed by atoms with Crippen LogP contribution in [0.15, 0.2) is 0 Å². The number of aldehydes is 1. The number of carbonyl (C=O) groups is 2. The standard InChI is InChI=1S/C10H18O5/c1-7(2)3-9(14)10(5-12)15-6-8(13)4-11/h5,7-8,10-11,13H,3-4,6H2,1-2H3. The van der Waals surface area contributed by atoms with Gasteiger partial charge in [0.15, 0.2) is 18.2 Å². The Kier molecular flexibility index (Phi) is 7.11. The molecule has 0 aliphatic heterocycles. The molecule has 2 N–H and O–H groups in total. The van der Waals surface area contributed by atoms with Gasteiger partial charge in [-0.3, -0.25) is 9.59 Å². The fourth-order valence-corrected chi connectivity index (χ4v) is 0.994. The van der Waals surface area contributed by atoms with Crippen molar-refractivity contribution in [2.24, 2.45) is 5.92 Å². The molecular weight excluding hydrogens is 200 g/mol. The third kappa shape index (κ3) is 6.33. The fraction of sp³-hybridized carbons (Fsp3) is 0.800. The first-order valence-corrected chi connectivity index (χ1v) is 4.89. The molecule has 0 bridgehead atoms. The second kappa shape index (κ2) is 7.50. The van der Waals surface area contributed by atoms with E-state index in [1.54, 1.807) is 0 Å². The largest absolute Gasteiger partial charge is 0.394 e. The second-order valence-electron chi connectivity index (χ2n) is 3.79. The number of hydrogen-bond donors (Lipinski definition) is 2. The Morgan fingerprint density at radius 1 is 1.47 bits per heavy atom. The number of hydrogen-bond acceptors (Lipinski definition) is 5. The van der Waals surface area contributed by atoms with Crippen molar-refractivity contribution < 1.29 is 24.5 Å². The van der Waals surface area contributed by atoms with Crippen molar-refractivity contribution in [3.05, 3.63) is 0 Å². The summed E-state index contributed by atoms with van der Waals surface area (Å²) in [6.45, 7) is 3.05. The number of Topliss-reactive ketones (excluding diaryl/α,β-unsaturated/α-hetero) is 1. The van der Waals surface area contributed by atoms with Crippen LogP contribution in [0.3, 0.4) is 0 Å². The molecule has 2 unspecified atom stereocenters. The summed E-state index contributed by atoms with van der Waals surface area (Å²) < 4.78 is 4.88. The highest BCUT2D eigenvalue weighted by atomic mass is 16.5. The smallest absolute Gasteiger partial charge is 0.171 e. The first kappa shape index (κ1) is 14.2. The minimum absolute atomic E-state index is 0.159. The molecule has 0 fully saturated rings. The van der Waals surface area contributed by atoms with Crippen LogP contribution in [0, 0.1) is 5.92 Å². The van der Waals surface area contributed by atoms with Gasteiger partial charge in [0, 0.05) is 6.42 Å². The highest BCUT2D eigenvalue weighted by molar-refractivity contribution is 5.96. The Bertz CT molecular complexity index is 202.